The van der Waals surface area contributed by atoms with Gasteiger partial charge in [-0.25, -0.2) is 8.78 Å². The lowest BCUT2D eigenvalue weighted by Gasteiger charge is -2.37. The Labute approximate surface area is 866 Å². The van der Waals surface area contributed by atoms with Gasteiger partial charge in [0.25, 0.3) is 0 Å². The summed E-state index contributed by atoms with van der Waals surface area (Å²) in [6, 6.07) is 88.8. The van der Waals surface area contributed by atoms with E-state index in [1.807, 2.05) is 66.7 Å². The van der Waals surface area contributed by atoms with Gasteiger partial charge in [0, 0.05) is 327 Å². The Morgan fingerprint density at radius 2 is 0.420 bits per heavy atom. The fourth-order valence-corrected chi connectivity index (χ4v) is 22.4. The first-order valence-electron chi connectivity index (χ1n) is 51.8. The molecule has 0 unspecified atom stereocenters. The van der Waals surface area contributed by atoms with Crippen LogP contribution in [0.5, 0.6) is 23.0 Å². The number of fused-ring (bicyclic) bond motifs is 12. The molecule has 0 saturated carbocycles. The van der Waals surface area contributed by atoms with Crippen molar-refractivity contribution in [2.75, 3.05) is 307 Å². The molecule has 143 heavy (non-hydrogen) atoms. The van der Waals surface area contributed by atoms with Gasteiger partial charge < -0.3 is 68.3 Å². The number of piperazine rings is 6. The lowest BCUT2D eigenvalue weighted by atomic mass is 9.95. The molecule has 12 aromatic carbocycles. The van der Waals surface area contributed by atoms with Gasteiger partial charge in [-0.05, 0) is 208 Å². The predicted octanol–water partition coefficient (Wildman–Crippen LogP) is 20.6. The van der Waals surface area contributed by atoms with E-state index in [1.54, 1.807) is 24.3 Å². The summed E-state index contributed by atoms with van der Waals surface area (Å²) < 4.78 is 40.8. The first kappa shape index (κ1) is 101. The van der Waals surface area contributed by atoms with Crippen molar-refractivity contribution in [1.29, 1.82) is 0 Å². The average Bonchev–Trinajstić information content (AvgIpc) is 0.784. The van der Waals surface area contributed by atoms with Crippen LogP contribution in [0.15, 0.2) is 265 Å². The number of hydrogen-bond acceptors (Lipinski definition) is 20. The second-order valence-corrected chi connectivity index (χ2v) is 42.1. The molecular formula is C118H141BrCl2F2N18O2. The van der Waals surface area contributed by atoms with Crippen LogP contribution in [0.25, 0.3) is 0 Å². The molecule has 12 aliphatic rings. The van der Waals surface area contributed by atoms with E-state index < -0.39 is 0 Å². The summed E-state index contributed by atoms with van der Waals surface area (Å²) in [5.74, 6) is 2.93. The Morgan fingerprint density at radius 1 is 0.210 bits per heavy atom. The number of para-hydroxylation sites is 9. The van der Waals surface area contributed by atoms with Crippen molar-refractivity contribution in [3.05, 3.63) is 332 Å². The van der Waals surface area contributed by atoms with E-state index in [9.17, 15) is 8.78 Å². The standard InChI is InChI=1S/C20H24BrN3.C20H24ClN3.C20H24FN3.C20H25N3.C19H22ClN3O.C19H22FN3O/c3*1-22-8-10-23(11-9-22)12-13-24-19-5-3-2-4-16(19)14-17-6-7-18(21)15-20(17)24;1-21-10-12-22(13-11-21)14-15-23-19-8-4-2-6-17(19)16-18-7-3-5-9-20(18)23;2*1-21-8-10-22(11-9-21)12-13-23-16-4-2-3-5-18(16)24-19-7-6-15(20)14-17(19)23/h3*2-7,15H,8-14H2,1H3;2-9H,10-16H2,1H3;2*2-7,14H,8-13H2,1H3. The molecule has 0 bridgehead atoms. The number of rotatable bonds is 18. The molecule has 25 heteroatoms. The molecule has 0 radical (unpaired) electrons. The largest absolute Gasteiger partial charge is 0.453 e. The smallest absolute Gasteiger partial charge is 0.151 e. The molecule has 0 aliphatic carbocycles. The van der Waals surface area contributed by atoms with Crippen molar-refractivity contribution in [1.82, 2.24) is 58.8 Å². The fraction of sp³-hybridized carbons (Fsp3) is 0.390. The number of nitrogens with zero attached hydrogens (tertiary/aromatic N) is 18. The molecule has 6 saturated heterocycles. The van der Waals surface area contributed by atoms with Crippen LogP contribution in [0.1, 0.15) is 44.5 Å². The molecule has 0 spiro atoms. The second-order valence-electron chi connectivity index (χ2n) is 40.3. The van der Waals surface area contributed by atoms with Crippen LogP contribution in [0.3, 0.4) is 0 Å². The Bertz CT molecular complexity index is 5460. The molecule has 24 rings (SSSR count). The lowest BCUT2D eigenvalue weighted by Crippen LogP contribution is -2.46. The fourth-order valence-electron chi connectivity index (χ4n) is 21.7. The molecule has 0 atom stereocenters. The Kier molecular flexibility index (Phi) is 34.1. The molecule has 0 amide bonds. The van der Waals surface area contributed by atoms with Crippen molar-refractivity contribution in [3.8, 4) is 23.0 Å². The monoisotopic (exact) mass is 2030 g/mol. The van der Waals surface area contributed by atoms with Gasteiger partial charge in [-0.2, -0.15) is 0 Å². The van der Waals surface area contributed by atoms with Crippen LogP contribution in [-0.4, -0.2) is 337 Å². The molecular weight excluding hydrogens is 1890 g/mol. The number of hydrogen-bond donors (Lipinski definition) is 0. The maximum absolute atomic E-state index is 13.8. The van der Waals surface area contributed by atoms with Crippen molar-refractivity contribution in [2.24, 2.45) is 0 Å². The molecule has 0 aromatic heterocycles. The van der Waals surface area contributed by atoms with E-state index in [1.165, 1.54) is 156 Å². The first-order valence-corrected chi connectivity index (χ1v) is 53.4. The number of halogens is 5. The van der Waals surface area contributed by atoms with Gasteiger partial charge in [-0.3, -0.25) is 29.4 Å². The third kappa shape index (κ3) is 25.6. The minimum atomic E-state index is -0.235. The predicted molar refractivity (Wildman–Crippen MR) is 592 cm³/mol. The quantitative estimate of drug-likeness (QED) is 0.0817. The molecule has 6 fully saturated rings. The summed E-state index contributed by atoms with van der Waals surface area (Å²) in [6.45, 7) is 39.6. The van der Waals surface area contributed by atoms with E-state index in [0.717, 1.165) is 256 Å². The minimum absolute atomic E-state index is 0.155. The van der Waals surface area contributed by atoms with Crippen LogP contribution >= 0.6 is 39.1 Å². The molecule has 0 N–H and O–H groups in total. The van der Waals surface area contributed by atoms with Crippen molar-refractivity contribution < 1.29 is 18.3 Å². The van der Waals surface area contributed by atoms with Crippen molar-refractivity contribution in [2.45, 2.75) is 25.7 Å². The van der Waals surface area contributed by atoms with Crippen molar-refractivity contribution in [3.63, 3.8) is 0 Å². The Morgan fingerprint density at radius 3 is 0.748 bits per heavy atom. The van der Waals surface area contributed by atoms with Crippen LogP contribution in [0.2, 0.25) is 10.0 Å². The maximum atomic E-state index is 13.8. The van der Waals surface area contributed by atoms with E-state index in [2.05, 4.69) is 310 Å². The zero-order valence-corrected chi connectivity index (χ0v) is 87.5. The third-order valence-electron chi connectivity index (χ3n) is 30.5. The minimum Gasteiger partial charge on any atom is -0.453 e. The summed E-state index contributed by atoms with van der Waals surface area (Å²) in [7, 11) is 13.2. The molecule has 12 aliphatic heterocycles. The van der Waals surface area contributed by atoms with Gasteiger partial charge in [0.15, 0.2) is 23.0 Å². The van der Waals surface area contributed by atoms with E-state index in [-0.39, 0.29) is 11.6 Å². The highest BCUT2D eigenvalue weighted by Gasteiger charge is 2.34. The topological polar surface area (TPSA) is 76.8 Å². The Hall–Kier alpha value is -10.5. The lowest BCUT2D eigenvalue weighted by molar-refractivity contribution is 0.157. The third-order valence-corrected chi connectivity index (χ3v) is 31.5. The summed E-state index contributed by atoms with van der Waals surface area (Å²) in [6.07, 6.45) is 3.96. The van der Waals surface area contributed by atoms with Crippen LogP contribution in [-0.2, 0) is 25.7 Å². The number of anilines is 12. The zero-order valence-electron chi connectivity index (χ0n) is 84.4. The zero-order chi connectivity index (χ0) is 98.2. The normalized spacial score (nSPS) is 18.3. The SMILES string of the molecule is CN1CCN(CCN2c3ccccc3Cc3ccc(Br)cc32)CC1.CN1CCN(CCN2c3ccccc3Cc3ccc(Cl)cc32)CC1.CN1CCN(CCN2c3ccccc3Cc3ccc(F)cc32)CC1.CN1CCN(CCN2c3ccccc3Cc3ccccc32)CC1.CN1CCN(CCN2c3ccccc3Oc3ccc(Cl)cc32)CC1.CN1CCN(CCN2c3ccccc3Oc3ccc(F)cc32)CC1. The molecule has 750 valence electrons. The highest BCUT2D eigenvalue weighted by molar-refractivity contribution is 9.10. The maximum Gasteiger partial charge on any atom is 0.151 e. The summed E-state index contributed by atoms with van der Waals surface area (Å²) in [5.41, 5.74) is 25.4. The molecule has 12 heterocycles. The second kappa shape index (κ2) is 48.2. The van der Waals surface area contributed by atoms with Gasteiger partial charge in [0.05, 0.1) is 22.7 Å². The van der Waals surface area contributed by atoms with Gasteiger partial charge in [0.1, 0.15) is 11.6 Å². The van der Waals surface area contributed by atoms with Crippen LogP contribution in [0, 0.1) is 11.6 Å². The summed E-state index contributed by atoms with van der Waals surface area (Å²) >= 11 is 16.2. The highest BCUT2D eigenvalue weighted by Crippen LogP contribution is 2.50. The van der Waals surface area contributed by atoms with E-state index >= 15 is 0 Å². The molecule has 12 aromatic rings. The van der Waals surface area contributed by atoms with Gasteiger partial charge >= 0.3 is 0 Å². The Balaban J connectivity index is 0.000000109. The first-order chi connectivity index (χ1) is 69.8. The number of likely N-dealkylation sites (N-methyl/N-ethyl adjacent to an activating group) is 6. The number of ether oxygens (including phenoxy) is 2. The van der Waals surface area contributed by atoms with E-state index in [0.29, 0.717) is 5.75 Å². The van der Waals surface area contributed by atoms with Crippen molar-refractivity contribution >= 4 is 107 Å². The molecule has 20 nitrogen and oxygen atoms in total. The van der Waals surface area contributed by atoms with Crippen LogP contribution < -0.4 is 38.9 Å². The van der Waals surface area contributed by atoms with Crippen LogP contribution in [0.4, 0.5) is 77.0 Å². The van der Waals surface area contributed by atoms with Gasteiger partial charge in [-0.15, -0.1) is 0 Å². The van der Waals surface area contributed by atoms with Gasteiger partial charge in [0.2, 0.25) is 0 Å². The summed E-state index contributed by atoms with van der Waals surface area (Å²) in [4.78, 5) is 43.9. The van der Waals surface area contributed by atoms with Gasteiger partial charge in [-0.1, -0.05) is 173 Å². The average molecular weight is 2030 g/mol. The summed E-state index contributed by atoms with van der Waals surface area (Å²) in [5, 5.41) is 1.55. The highest BCUT2D eigenvalue weighted by atomic mass is 79.9. The number of benzene rings is 12. The van der Waals surface area contributed by atoms with E-state index in [4.69, 9.17) is 32.7 Å².